The van der Waals surface area contributed by atoms with Crippen LogP contribution in [0.1, 0.15) is 30.0 Å². The summed E-state index contributed by atoms with van der Waals surface area (Å²) in [6.07, 6.45) is -3.34. The van der Waals surface area contributed by atoms with Crippen LogP contribution in [0.25, 0.3) is 22.5 Å². The van der Waals surface area contributed by atoms with Gasteiger partial charge < -0.3 is 10.1 Å². The largest absolute Gasteiger partial charge is 0.442 e. The molecule has 1 aliphatic heterocycles. The van der Waals surface area contributed by atoms with Gasteiger partial charge in [0.2, 0.25) is 5.91 Å². The molecular weight excluding hydrogens is 469 g/mol. The second-order valence-electron chi connectivity index (χ2n) is 8.37. The number of aryl methyl sites for hydroxylation is 1. The molecule has 1 saturated heterocycles. The van der Waals surface area contributed by atoms with Crippen molar-refractivity contribution >= 4 is 29.0 Å². The molecule has 3 heterocycles. The average molecular weight is 491 g/mol. The van der Waals surface area contributed by atoms with Gasteiger partial charge in [-0.25, -0.2) is 4.79 Å². The lowest BCUT2D eigenvalue weighted by Gasteiger charge is -2.16. The van der Waals surface area contributed by atoms with E-state index in [1.54, 1.807) is 6.07 Å². The molecule has 34 heavy (non-hydrogen) atoms. The zero-order valence-corrected chi connectivity index (χ0v) is 19.0. The quantitative estimate of drug-likeness (QED) is 0.551. The van der Waals surface area contributed by atoms with Crippen molar-refractivity contribution < 1.29 is 27.5 Å². The molecule has 0 spiro atoms. The van der Waals surface area contributed by atoms with E-state index < -0.39 is 23.9 Å². The Morgan fingerprint density at radius 1 is 1.29 bits per heavy atom. The Balaban J connectivity index is 1.45. The summed E-state index contributed by atoms with van der Waals surface area (Å²) in [5.41, 5.74) is 3.76. The normalized spacial score (nSPS) is 17.7. The highest BCUT2D eigenvalue weighted by atomic mass is 32.1. The molecule has 2 aliphatic rings. The molecule has 3 aromatic rings. The van der Waals surface area contributed by atoms with E-state index in [9.17, 15) is 22.8 Å². The van der Waals surface area contributed by atoms with Crippen LogP contribution < -0.4 is 10.2 Å². The van der Waals surface area contributed by atoms with Crippen LogP contribution in [-0.2, 0) is 28.5 Å². The highest BCUT2D eigenvalue weighted by Gasteiger charge is 2.37. The number of nitrogens with zero attached hydrogens (tertiary/aromatic N) is 2. The molecule has 0 bridgehead atoms. The predicted octanol–water partition coefficient (Wildman–Crippen LogP) is 4.77. The SMILES string of the molecule is CC(=O)NCC1CN(c2ccc3c(c2)CCCc2c(-c4cscc4C(F)(F)F)n[nH]c2-3)C(=O)O1. The lowest BCUT2D eigenvalue weighted by molar-refractivity contribution is -0.136. The molecule has 1 aliphatic carbocycles. The fourth-order valence-electron chi connectivity index (χ4n) is 4.50. The van der Waals surface area contributed by atoms with E-state index in [2.05, 4.69) is 15.5 Å². The number of nitrogens with one attached hydrogen (secondary N) is 2. The van der Waals surface area contributed by atoms with E-state index >= 15 is 0 Å². The number of aromatic nitrogens is 2. The topological polar surface area (TPSA) is 87.3 Å². The van der Waals surface area contributed by atoms with Gasteiger partial charge in [-0.15, -0.1) is 0 Å². The Bertz CT molecular complexity index is 1270. The van der Waals surface area contributed by atoms with Crippen LogP contribution in [-0.4, -0.2) is 41.4 Å². The maximum atomic E-state index is 13.5. The van der Waals surface area contributed by atoms with Crippen LogP contribution >= 0.6 is 11.3 Å². The van der Waals surface area contributed by atoms with Crippen LogP contribution in [0.5, 0.6) is 0 Å². The maximum Gasteiger partial charge on any atom is 0.417 e. The zero-order chi connectivity index (χ0) is 24.0. The highest BCUT2D eigenvalue weighted by Crippen LogP contribution is 2.43. The van der Waals surface area contributed by atoms with Crippen molar-refractivity contribution in [3.05, 3.63) is 45.6 Å². The zero-order valence-electron chi connectivity index (χ0n) is 18.2. The molecule has 0 saturated carbocycles. The van der Waals surface area contributed by atoms with Gasteiger partial charge in [0.25, 0.3) is 0 Å². The molecule has 1 atom stereocenters. The fourth-order valence-corrected chi connectivity index (χ4v) is 5.34. The van der Waals surface area contributed by atoms with Gasteiger partial charge in [-0.3, -0.25) is 14.8 Å². The van der Waals surface area contributed by atoms with Crippen LogP contribution in [0.2, 0.25) is 0 Å². The van der Waals surface area contributed by atoms with Crippen molar-refractivity contribution in [2.24, 2.45) is 0 Å². The van der Waals surface area contributed by atoms with Gasteiger partial charge in [0.05, 0.1) is 30.0 Å². The van der Waals surface area contributed by atoms with Gasteiger partial charge in [-0.2, -0.15) is 29.6 Å². The number of hydrogen-bond acceptors (Lipinski definition) is 5. The lowest BCUT2D eigenvalue weighted by atomic mass is 9.99. The summed E-state index contributed by atoms with van der Waals surface area (Å²) in [6.45, 7) is 1.96. The molecule has 0 radical (unpaired) electrons. The number of amides is 2. The van der Waals surface area contributed by atoms with Crippen LogP contribution in [0, 0.1) is 0 Å². The van der Waals surface area contributed by atoms with E-state index in [1.165, 1.54) is 17.2 Å². The minimum Gasteiger partial charge on any atom is -0.442 e. The molecule has 1 aromatic carbocycles. The molecule has 5 rings (SSSR count). The minimum atomic E-state index is -4.44. The number of hydrogen-bond donors (Lipinski definition) is 2. The van der Waals surface area contributed by atoms with Gasteiger partial charge in [0.15, 0.2) is 0 Å². The third kappa shape index (κ3) is 4.04. The van der Waals surface area contributed by atoms with Crippen molar-refractivity contribution in [2.45, 2.75) is 38.5 Å². The summed E-state index contributed by atoms with van der Waals surface area (Å²) in [7, 11) is 0. The van der Waals surface area contributed by atoms with Crippen LogP contribution in [0.15, 0.2) is 29.0 Å². The molecule has 178 valence electrons. The second kappa shape index (κ2) is 8.46. The minimum absolute atomic E-state index is 0.0973. The third-order valence-electron chi connectivity index (χ3n) is 6.09. The third-order valence-corrected chi connectivity index (χ3v) is 6.83. The molecule has 2 aromatic heterocycles. The van der Waals surface area contributed by atoms with Crippen molar-refractivity contribution in [1.82, 2.24) is 15.5 Å². The Morgan fingerprint density at radius 3 is 2.88 bits per heavy atom. The number of carbonyl (C=O) groups excluding carboxylic acids is 2. The Kier molecular flexibility index (Phi) is 5.59. The first kappa shape index (κ1) is 22.5. The number of cyclic esters (lactones) is 1. The number of carbonyl (C=O) groups is 2. The van der Waals surface area contributed by atoms with E-state index in [0.717, 1.165) is 39.8 Å². The van der Waals surface area contributed by atoms with Crippen molar-refractivity contribution in [2.75, 3.05) is 18.0 Å². The number of anilines is 1. The summed E-state index contributed by atoms with van der Waals surface area (Å²) in [4.78, 5) is 25.1. The first-order valence-corrected chi connectivity index (χ1v) is 11.7. The number of alkyl halides is 3. The molecule has 1 fully saturated rings. The van der Waals surface area contributed by atoms with Crippen molar-refractivity contribution in [3.63, 3.8) is 0 Å². The Labute approximate surface area is 196 Å². The van der Waals surface area contributed by atoms with E-state index in [1.807, 2.05) is 12.1 Å². The van der Waals surface area contributed by atoms with Gasteiger partial charge in [0.1, 0.15) is 6.10 Å². The van der Waals surface area contributed by atoms with E-state index in [0.29, 0.717) is 36.5 Å². The average Bonchev–Trinajstić information content (AvgIpc) is 3.48. The fraction of sp³-hybridized carbons (Fsp3) is 0.348. The molecule has 2 N–H and O–H groups in total. The molecule has 7 nitrogen and oxygen atoms in total. The highest BCUT2D eigenvalue weighted by molar-refractivity contribution is 7.08. The molecule has 2 amide bonds. The Hall–Kier alpha value is -3.34. The van der Waals surface area contributed by atoms with Gasteiger partial charge >= 0.3 is 12.3 Å². The number of benzene rings is 1. The van der Waals surface area contributed by atoms with Gasteiger partial charge in [0, 0.05) is 40.1 Å². The summed E-state index contributed by atoms with van der Waals surface area (Å²) in [5, 5.41) is 12.5. The second-order valence-corrected chi connectivity index (χ2v) is 9.11. The van der Waals surface area contributed by atoms with Gasteiger partial charge in [-0.1, -0.05) is 6.07 Å². The van der Waals surface area contributed by atoms with E-state index in [4.69, 9.17) is 4.74 Å². The summed E-state index contributed by atoms with van der Waals surface area (Å²) in [6, 6.07) is 5.57. The molecular formula is C23H21F3N4O3S. The molecule has 1 unspecified atom stereocenters. The number of thiophene rings is 1. The maximum absolute atomic E-state index is 13.5. The lowest BCUT2D eigenvalue weighted by Crippen LogP contribution is -2.33. The number of halogens is 3. The van der Waals surface area contributed by atoms with Crippen LogP contribution in [0.4, 0.5) is 23.7 Å². The van der Waals surface area contributed by atoms with Gasteiger partial charge in [-0.05, 0) is 37.0 Å². The summed E-state index contributed by atoms with van der Waals surface area (Å²) >= 11 is 1.01. The first-order chi connectivity index (χ1) is 16.2. The number of rotatable bonds is 4. The van der Waals surface area contributed by atoms with Crippen molar-refractivity contribution in [3.8, 4) is 22.5 Å². The predicted molar refractivity (Wildman–Crippen MR) is 121 cm³/mol. The summed E-state index contributed by atoms with van der Waals surface area (Å²) in [5.74, 6) is -0.195. The number of H-pyrrole nitrogens is 1. The number of fused-ring (bicyclic) bond motifs is 3. The van der Waals surface area contributed by atoms with Crippen LogP contribution in [0.3, 0.4) is 0 Å². The van der Waals surface area contributed by atoms with E-state index in [-0.39, 0.29) is 18.0 Å². The number of aromatic amines is 1. The van der Waals surface area contributed by atoms with Crippen molar-refractivity contribution in [1.29, 1.82) is 0 Å². The smallest absolute Gasteiger partial charge is 0.417 e. The monoisotopic (exact) mass is 490 g/mol. The first-order valence-electron chi connectivity index (χ1n) is 10.8. The Morgan fingerprint density at radius 2 is 2.12 bits per heavy atom. The summed E-state index contributed by atoms with van der Waals surface area (Å²) < 4.78 is 45.8. The number of ether oxygens (including phenoxy) is 1. The molecule has 11 heteroatoms. The standard InChI is InChI=1S/C23H21F3N4O3S/c1-12(31)27-8-15-9-30(22(32)33-15)14-5-6-16-13(7-14)3-2-4-17-20(16)28-29-21(17)18-10-34-11-19(18)23(24,25)26/h5-7,10-11,15H,2-4,8-9H2,1H3,(H,27,31)(H,28,29).